The van der Waals surface area contributed by atoms with Crippen LogP contribution in [0.2, 0.25) is 0 Å². The monoisotopic (exact) mass is 993 g/mol. The zero-order chi connectivity index (χ0) is 50.6. The fourth-order valence-corrected chi connectivity index (χ4v) is 9.60. The third-order valence-corrected chi connectivity index (χ3v) is 14.5. The van der Waals surface area contributed by atoms with E-state index in [9.17, 15) is 19.4 Å². The summed E-state index contributed by atoms with van der Waals surface area (Å²) >= 11 is 0. The molecule has 9 heteroatoms. The molecule has 408 valence electrons. The van der Waals surface area contributed by atoms with Gasteiger partial charge in [0.1, 0.15) is 13.2 Å². The lowest BCUT2D eigenvalue weighted by Gasteiger charge is -2.29. The summed E-state index contributed by atoms with van der Waals surface area (Å²) < 4.78 is 23.3. The van der Waals surface area contributed by atoms with Gasteiger partial charge in [0.05, 0.1) is 39.9 Å². The van der Waals surface area contributed by atoms with Gasteiger partial charge in [-0.15, -0.1) is 0 Å². The van der Waals surface area contributed by atoms with Crippen molar-refractivity contribution in [3.05, 3.63) is 36.5 Å². The van der Waals surface area contributed by atoms with Crippen molar-refractivity contribution in [1.82, 2.24) is 5.32 Å². The number of aliphatic hydroxyl groups is 1. The van der Waals surface area contributed by atoms with Crippen LogP contribution in [-0.2, 0) is 18.4 Å². The van der Waals surface area contributed by atoms with Gasteiger partial charge in [0.25, 0.3) is 7.82 Å². The topological polar surface area (TPSA) is 108 Å². The van der Waals surface area contributed by atoms with Gasteiger partial charge in [0.15, 0.2) is 0 Å². The maximum Gasteiger partial charge on any atom is 0.268 e. The average Bonchev–Trinajstić information content (AvgIpc) is 3.31. The highest BCUT2D eigenvalue weighted by atomic mass is 31.2. The Balaban J connectivity index is 4.02. The van der Waals surface area contributed by atoms with Crippen molar-refractivity contribution in [3.8, 4) is 0 Å². The first-order chi connectivity index (χ1) is 33.5. The summed E-state index contributed by atoms with van der Waals surface area (Å²) in [6.45, 7) is 4.65. The standard InChI is InChI=1S/C60H117N2O6P/c1-6-8-10-12-14-16-18-20-22-23-24-25-26-27-28-29-30-31-32-33-34-35-36-37-38-39-40-42-44-46-48-50-52-54-60(64)61-58(57-68-69(65,66)67-56-55-62(3,4)5)59(63)53-51-49-47-45-43-41-21-19-17-15-13-11-9-7-2/h27-28,43,45,51,53,58-59,63H,6-26,29-42,44,46-50,52,54-57H2,1-5H3,(H-,61,64,65,66)/b28-27-,45-43+,53-51+. The molecule has 0 aliphatic carbocycles. The van der Waals surface area contributed by atoms with E-state index < -0.39 is 20.0 Å². The van der Waals surface area contributed by atoms with E-state index in [1.165, 1.54) is 231 Å². The van der Waals surface area contributed by atoms with Crippen molar-refractivity contribution in [1.29, 1.82) is 0 Å². The molecule has 0 spiro atoms. The minimum Gasteiger partial charge on any atom is -0.756 e. The van der Waals surface area contributed by atoms with Crippen molar-refractivity contribution in [2.75, 3.05) is 40.9 Å². The molecule has 0 heterocycles. The maximum absolute atomic E-state index is 12.9. The van der Waals surface area contributed by atoms with E-state index >= 15 is 0 Å². The third kappa shape index (κ3) is 54.3. The molecule has 0 aromatic carbocycles. The highest BCUT2D eigenvalue weighted by molar-refractivity contribution is 7.45. The van der Waals surface area contributed by atoms with Crippen LogP contribution in [0.15, 0.2) is 36.5 Å². The second-order valence-electron chi connectivity index (χ2n) is 21.7. The van der Waals surface area contributed by atoms with Gasteiger partial charge < -0.3 is 28.8 Å². The molecule has 2 N–H and O–H groups in total. The van der Waals surface area contributed by atoms with Crippen LogP contribution in [0.1, 0.15) is 290 Å². The van der Waals surface area contributed by atoms with Gasteiger partial charge in [-0.3, -0.25) is 9.36 Å². The number of unbranched alkanes of at least 4 members (excludes halogenated alkanes) is 38. The normalized spacial score (nSPS) is 14.1. The lowest BCUT2D eigenvalue weighted by molar-refractivity contribution is -0.870. The number of nitrogens with one attached hydrogen (secondary N) is 1. The molecule has 0 aliphatic heterocycles. The van der Waals surface area contributed by atoms with Crippen molar-refractivity contribution >= 4 is 13.7 Å². The summed E-state index contributed by atoms with van der Waals surface area (Å²) in [7, 11) is 1.25. The number of hydrogen-bond donors (Lipinski definition) is 2. The number of nitrogens with zero attached hydrogens (tertiary/aromatic N) is 1. The summed E-state index contributed by atoms with van der Waals surface area (Å²) in [6, 6.07) is -0.901. The molecule has 0 aromatic heterocycles. The Morgan fingerprint density at radius 1 is 0.493 bits per heavy atom. The number of carbonyl (C=O) groups is 1. The number of phosphoric acid groups is 1. The largest absolute Gasteiger partial charge is 0.756 e. The van der Waals surface area contributed by atoms with E-state index in [2.05, 4.69) is 43.5 Å². The molecular formula is C60H117N2O6P. The number of amides is 1. The van der Waals surface area contributed by atoms with Gasteiger partial charge in [-0.25, -0.2) is 0 Å². The van der Waals surface area contributed by atoms with E-state index in [1.54, 1.807) is 6.08 Å². The van der Waals surface area contributed by atoms with Gasteiger partial charge in [-0.05, 0) is 57.8 Å². The number of hydrogen-bond acceptors (Lipinski definition) is 6. The van der Waals surface area contributed by atoms with E-state index in [1.807, 2.05) is 27.2 Å². The van der Waals surface area contributed by atoms with Gasteiger partial charge >= 0.3 is 0 Å². The van der Waals surface area contributed by atoms with Crippen molar-refractivity contribution in [2.24, 2.45) is 0 Å². The predicted molar refractivity (Wildman–Crippen MR) is 298 cm³/mol. The smallest absolute Gasteiger partial charge is 0.268 e. The maximum atomic E-state index is 12.9. The van der Waals surface area contributed by atoms with Crippen molar-refractivity contribution in [3.63, 3.8) is 0 Å². The number of phosphoric ester groups is 1. The average molecular weight is 994 g/mol. The molecule has 3 atom stereocenters. The van der Waals surface area contributed by atoms with Crippen LogP contribution in [0.5, 0.6) is 0 Å². The molecule has 0 aliphatic rings. The van der Waals surface area contributed by atoms with Gasteiger partial charge in [-0.1, -0.05) is 262 Å². The molecule has 0 aromatic rings. The number of rotatable bonds is 55. The Labute approximate surface area is 429 Å². The highest BCUT2D eigenvalue weighted by Crippen LogP contribution is 2.38. The molecule has 0 rings (SSSR count). The van der Waals surface area contributed by atoms with Crippen LogP contribution in [0.4, 0.5) is 0 Å². The fourth-order valence-electron chi connectivity index (χ4n) is 8.87. The molecule has 8 nitrogen and oxygen atoms in total. The van der Waals surface area contributed by atoms with Crippen molar-refractivity contribution < 1.29 is 32.9 Å². The summed E-state index contributed by atoms with van der Waals surface area (Å²) in [5, 5.41) is 13.8. The Hall–Kier alpha value is -1.28. The predicted octanol–water partition coefficient (Wildman–Crippen LogP) is 17.5. The van der Waals surface area contributed by atoms with E-state index in [0.29, 0.717) is 17.4 Å². The van der Waals surface area contributed by atoms with E-state index in [0.717, 1.165) is 38.5 Å². The summed E-state index contributed by atoms with van der Waals surface area (Å²) in [6.07, 6.45) is 66.8. The first-order valence-corrected chi connectivity index (χ1v) is 31.3. The second kappa shape index (κ2) is 51.6. The van der Waals surface area contributed by atoms with Crippen LogP contribution in [0, 0.1) is 0 Å². The van der Waals surface area contributed by atoms with Gasteiger partial charge in [0, 0.05) is 6.42 Å². The Morgan fingerprint density at radius 2 is 0.812 bits per heavy atom. The number of allylic oxidation sites excluding steroid dienone is 5. The van der Waals surface area contributed by atoms with E-state index in [-0.39, 0.29) is 19.1 Å². The van der Waals surface area contributed by atoms with Crippen LogP contribution < -0.4 is 10.2 Å². The number of carbonyl (C=O) groups excluding carboxylic acids is 1. The highest BCUT2D eigenvalue weighted by Gasteiger charge is 2.23. The molecule has 0 radical (unpaired) electrons. The quantitative estimate of drug-likeness (QED) is 0.0272. The number of quaternary nitrogens is 1. The van der Waals surface area contributed by atoms with Crippen LogP contribution in [0.25, 0.3) is 0 Å². The zero-order valence-corrected chi connectivity index (χ0v) is 47.4. The van der Waals surface area contributed by atoms with Crippen molar-refractivity contribution in [2.45, 2.75) is 302 Å². The molecule has 69 heavy (non-hydrogen) atoms. The zero-order valence-electron chi connectivity index (χ0n) is 46.5. The minimum atomic E-state index is -4.60. The first-order valence-electron chi connectivity index (χ1n) is 29.9. The second-order valence-corrected chi connectivity index (χ2v) is 23.1. The number of likely N-dealkylation sites (N-methyl/N-ethyl adjacent to an activating group) is 1. The molecule has 0 saturated carbocycles. The summed E-state index contributed by atoms with van der Waals surface area (Å²) in [5.74, 6) is -0.204. The number of aliphatic hydroxyl groups excluding tert-OH is 1. The Bertz CT molecular complexity index is 1220. The lowest BCUT2D eigenvalue weighted by Crippen LogP contribution is -2.45. The third-order valence-electron chi connectivity index (χ3n) is 13.6. The van der Waals surface area contributed by atoms with Gasteiger partial charge in [0.2, 0.25) is 5.91 Å². The van der Waals surface area contributed by atoms with Crippen LogP contribution in [0.3, 0.4) is 0 Å². The van der Waals surface area contributed by atoms with Crippen LogP contribution in [-0.4, -0.2) is 68.5 Å². The van der Waals surface area contributed by atoms with Gasteiger partial charge in [-0.2, -0.15) is 0 Å². The molecule has 1 amide bonds. The fraction of sp³-hybridized carbons (Fsp3) is 0.883. The Morgan fingerprint density at radius 3 is 1.17 bits per heavy atom. The summed E-state index contributed by atoms with van der Waals surface area (Å²) in [4.78, 5) is 25.4. The van der Waals surface area contributed by atoms with E-state index in [4.69, 9.17) is 9.05 Å². The van der Waals surface area contributed by atoms with Crippen LogP contribution >= 0.6 is 7.82 Å². The SMILES string of the molecule is CCCCCCCCCC/C=C/CC/C=C/C(O)C(COP(=O)([O-])OCC[N+](C)(C)C)NC(=O)CCCCCCCCCCCCCCCCCCC/C=C\CCCCCCCCCCCCCC. The summed E-state index contributed by atoms with van der Waals surface area (Å²) in [5.41, 5.74) is 0. The molecular weight excluding hydrogens is 876 g/mol. The molecule has 3 unspecified atom stereocenters. The Kier molecular flexibility index (Phi) is 50.7. The lowest BCUT2D eigenvalue weighted by atomic mass is 10.0. The minimum absolute atomic E-state index is 0.00515. The first kappa shape index (κ1) is 67.7. The molecule has 0 bridgehead atoms. The molecule has 0 fully saturated rings. The molecule has 0 saturated heterocycles.